The quantitative estimate of drug-likeness (QED) is 0.597. The Kier molecular flexibility index (Phi) is 4.95. The summed E-state index contributed by atoms with van der Waals surface area (Å²) in [5, 5.41) is -0.636. The smallest absolute Gasteiger partial charge is 0.243 e. The van der Waals surface area contributed by atoms with E-state index in [0.29, 0.717) is 13.0 Å². The molecule has 4 atom stereocenters. The number of hydrogen-bond donors (Lipinski definition) is 0. The van der Waals surface area contributed by atoms with Gasteiger partial charge < -0.3 is 9.64 Å². The van der Waals surface area contributed by atoms with Crippen molar-refractivity contribution < 1.29 is 17.9 Å². The standard InChI is InChI=1S/C19H27N5O4S/c25-19-17-14-3-4-15(28-14)18(17)29(26,27)24(19)8-2-1-7-22-9-11-23(12-10-22)16-13-20-5-6-21-16/h5-6,13-15,17-18H,1-4,7-12H2/t14-,15+,17-,18+/m0/s1. The number of ether oxygens (including phenoxy) is 1. The number of nitrogens with zero attached hydrogens (tertiary/aromatic N) is 5. The van der Waals surface area contributed by atoms with E-state index in [1.54, 1.807) is 18.6 Å². The highest BCUT2D eigenvalue weighted by atomic mass is 32.2. The average molecular weight is 422 g/mol. The van der Waals surface area contributed by atoms with E-state index in [1.165, 1.54) is 0 Å². The number of carbonyl (C=O) groups excluding carboxylic acids is 1. The van der Waals surface area contributed by atoms with Crippen molar-refractivity contribution in [1.29, 1.82) is 0 Å². The summed E-state index contributed by atoms with van der Waals surface area (Å²) in [5.74, 6) is 0.209. The maximum absolute atomic E-state index is 12.8. The third-order valence-electron chi connectivity index (χ3n) is 6.72. The number of hydrogen-bond acceptors (Lipinski definition) is 8. The number of rotatable bonds is 6. The molecule has 4 fully saturated rings. The molecule has 9 nitrogen and oxygen atoms in total. The van der Waals surface area contributed by atoms with Crippen LogP contribution in [0.3, 0.4) is 0 Å². The predicted molar refractivity (Wildman–Crippen MR) is 106 cm³/mol. The van der Waals surface area contributed by atoms with E-state index < -0.39 is 21.2 Å². The van der Waals surface area contributed by atoms with Crippen molar-refractivity contribution in [3.63, 3.8) is 0 Å². The van der Waals surface area contributed by atoms with Crippen molar-refractivity contribution in [2.45, 2.75) is 43.1 Å². The van der Waals surface area contributed by atoms with Gasteiger partial charge in [0.2, 0.25) is 15.9 Å². The van der Waals surface area contributed by atoms with Gasteiger partial charge in [-0.05, 0) is 32.2 Å². The molecule has 4 saturated heterocycles. The van der Waals surface area contributed by atoms with E-state index >= 15 is 0 Å². The molecular weight excluding hydrogens is 394 g/mol. The SMILES string of the molecule is O=C1[C@@H]2[C@@H]([C@H]3CC[C@@H]2O3)S(=O)(=O)N1CCCCN1CCN(c2cnccn2)CC1. The minimum atomic E-state index is -3.56. The fourth-order valence-electron chi connectivity index (χ4n) is 5.24. The first-order valence-electron chi connectivity index (χ1n) is 10.5. The molecule has 0 aliphatic carbocycles. The Morgan fingerprint density at radius 2 is 1.79 bits per heavy atom. The third kappa shape index (κ3) is 3.30. The van der Waals surface area contributed by atoms with Gasteiger partial charge in [0.25, 0.3) is 0 Å². The molecule has 1 amide bonds. The molecule has 4 aliphatic heterocycles. The second-order valence-electron chi connectivity index (χ2n) is 8.34. The number of fused-ring (bicyclic) bond motifs is 5. The fourth-order valence-corrected chi connectivity index (χ4v) is 7.53. The lowest BCUT2D eigenvalue weighted by molar-refractivity contribution is -0.130. The van der Waals surface area contributed by atoms with Gasteiger partial charge in [0.05, 0.1) is 24.3 Å². The van der Waals surface area contributed by atoms with Crippen molar-refractivity contribution in [2.24, 2.45) is 5.92 Å². The van der Waals surface area contributed by atoms with Crippen molar-refractivity contribution in [1.82, 2.24) is 19.2 Å². The Morgan fingerprint density at radius 1 is 1.03 bits per heavy atom. The average Bonchev–Trinajstić information content (AvgIpc) is 3.41. The molecule has 5 heterocycles. The van der Waals surface area contributed by atoms with Crippen molar-refractivity contribution in [3.05, 3.63) is 18.6 Å². The summed E-state index contributed by atoms with van der Waals surface area (Å²) in [7, 11) is -3.56. The Balaban J connectivity index is 1.08. The highest BCUT2D eigenvalue weighted by molar-refractivity contribution is 7.90. The van der Waals surface area contributed by atoms with E-state index in [9.17, 15) is 13.2 Å². The Hall–Kier alpha value is -1.78. The third-order valence-corrected chi connectivity index (χ3v) is 8.98. The van der Waals surface area contributed by atoms with Gasteiger partial charge in [-0.2, -0.15) is 0 Å². The van der Waals surface area contributed by atoms with Gasteiger partial charge >= 0.3 is 0 Å². The summed E-state index contributed by atoms with van der Waals surface area (Å²) in [4.78, 5) is 25.8. The van der Waals surface area contributed by atoms with Gasteiger partial charge in [0.15, 0.2) is 0 Å². The predicted octanol–water partition coefficient (Wildman–Crippen LogP) is 0.0968. The molecule has 1 aromatic rings. The van der Waals surface area contributed by atoms with E-state index in [4.69, 9.17) is 4.74 Å². The van der Waals surface area contributed by atoms with Gasteiger partial charge in [-0.15, -0.1) is 0 Å². The van der Waals surface area contributed by atoms with Crippen LogP contribution in [0.1, 0.15) is 25.7 Å². The monoisotopic (exact) mass is 421 g/mol. The molecule has 0 radical (unpaired) electrons. The molecule has 0 spiro atoms. The van der Waals surface area contributed by atoms with Gasteiger partial charge in [-0.3, -0.25) is 14.7 Å². The van der Waals surface area contributed by atoms with E-state index in [0.717, 1.165) is 62.1 Å². The number of sulfonamides is 1. The lowest BCUT2D eigenvalue weighted by Gasteiger charge is -2.35. The second kappa shape index (κ2) is 7.48. The maximum atomic E-state index is 12.8. The summed E-state index contributed by atoms with van der Waals surface area (Å²) in [6.07, 6.45) is 7.84. The first-order chi connectivity index (χ1) is 14.1. The molecule has 29 heavy (non-hydrogen) atoms. The highest BCUT2D eigenvalue weighted by Crippen LogP contribution is 2.48. The van der Waals surface area contributed by atoms with Crippen LogP contribution >= 0.6 is 0 Å². The van der Waals surface area contributed by atoms with Crippen LogP contribution in [0.4, 0.5) is 5.82 Å². The largest absolute Gasteiger partial charge is 0.373 e. The molecule has 0 N–H and O–H groups in total. The van der Waals surface area contributed by atoms with Gasteiger partial charge in [-0.1, -0.05) is 0 Å². The zero-order chi connectivity index (χ0) is 20.0. The van der Waals surface area contributed by atoms with E-state index in [-0.39, 0.29) is 18.1 Å². The molecule has 158 valence electrons. The Bertz CT molecular complexity index is 859. The van der Waals surface area contributed by atoms with Crippen molar-refractivity contribution in [3.8, 4) is 0 Å². The minimum absolute atomic E-state index is 0.192. The molecule has 2 bridgehead atoms. The number of piperazine rings is 1. The summed E-state index contributed by atoms with van der Waals surface area (Å²) in [5.41, 5.74) is 0. The van der Waals surface area contributed by atoms with Crippen LogP contribution in [0.25, 0.3) is 0 Å². The number of anilines is 1. The Morgan fingerprint density at radius 3 is 2.52 bits per heavy atom. The molecule has 0 saturated carbocycles. The number of amides is 1. The van der Waals surface area contributed by atoms with Crippen LogP contribution in [-0.4, -0.2) is 90.2 Å². The zero-order valence-electron chi connectivity index (χ0n) is 16.4. The van der Waals surface area contributed by atoms with Crippen LogP contribution in [0.5, 0.6) is 0 Å². The van der Waals surface area contributed by atoms with Crippen LogP contribution in [-0.2, 0) is 19.6 Å². The summed E-state index contributed by atoms with van der Waals surface area (Å²) < 4.78 is 32.5. The molecular formula is C19H27N5O4S. The van der Waals surface area contributed by atoms with Crippen molar-refractivity contribution >= 4 is 21.7 Å². The summed E-state index contributed by atoms with van der Waals surface area (Å²) >= 11 is 0. The molecule has 0 unspecified atom stereocenters. The fraction of sp³-hybridized carbons (Fsp3) is 0.737. The van der Waals surface area contributed by atoms with E-state index in [1.807, 2.05) is 0 Å². The molecule has 4 aliphatic rings. The molecule has 10 heteroatoms. The first kappa shape index (κ1) is 19.2. The van der Waals surface area contributed by atoms with E-state index in [2.05, 4.69) is 19.8 Å². The lowest BCUT2D eigenvalue weighted by Crippen LogP contribution is -2.47. The highest BCUT2D eigenvalue weighted by Gasteiger charge is 2.65. The number of carbonyl (C=O) groups is 1. The minimum Gasteiger partial charge on any atom is -0.373 e. The molecule has 5 rings (SSSR count). The summed E-state index contributed by atoms with van der Waals surface area (Å²) in [6.45, 7) is 4.92. The summed E-state index contributed by atoms with van der Waals surface area (Å²) in [6, 6.07) is 0. The first-order valence-corrected chi connectivity index (χ1v) is 12.0. The van der Waals surface area contributed by atoms with Gasteiger partial charge in [0, 0.05) is 45.1 Å². The van der Waals surface area contributed by atoms with Gasteiger partial charge in [0.1, 0.15) is 11.1 Å². The van der Waals surface area contributed by atoms with Crippen LogP contribution in [0.2, 0.25) is 0 Å². The molecule has 0 aromatic carbocycles. The second-order valence-corrected chi connectivity index (χ2v) is 10.4. The maximum Gasteiger partial charge on any atom is 0.243 e. The van der Waals surface area contributed by atoms with Crippen LogP contribution in [0, 0.1) is 5.92 Å². The molecule has 1 aromatic heterocycles. The zero-order valence-corrected chi connectivity index (χ0v) is 17.2. The van der Waals surface area contributed by atoms with Crippen LogP contribution < -0.4 is 4.90 Å². The van der Waals surface area contributed by atoms with Crippen molar-refractivity contribution in [2.75, 3.05) is 44.2 Å². The normalized spacial score (nSPS) is 33.4. The topological polar surface area (TPSA) is 95.9 Å². The van der Waals surface area contributed by atoms with Gasteiger partial charge in [-0.25, -0.2) is 17.7 Å². The lowest BCUT2D eigenvalue weighted by atomic mass is 9.88. The number of aromatic nitrogens is 2. The number of unbranched alkanes of at least 4 members (excludes halogenated alkanes) is 1. The Labute approximate surface area is 171 Å². The van der Waals surface area contributed by atoms with Crippen LogP contribution in [0.15, 0.2) is 18.6 Å².